The van der Waals surface area contributed by atoms with Gasteiger partial charge in [0.25, 0.3) is 0 Å². The Kier molecular flexibility index (Phi) is 6.88. The van der Waals surface area contributed by atoms with E-state index >= 15 is 0 Å². The van der Waals surface area contributed by atoms with Crippen LogP contribution in [0, 0.1) is 0 Å². The van der Waals surface area contributed by atoms with Gasteiger partial charge in [-0.15, -0.1) is 0 Å². The Labute approximate surface area is 144 Å². The topological polar surface area (TPSA) is 24.5 Å². The van der Waals surface area contributed by atoms with E-state index < -0.39 is 0 Å². The Morgan fingerprint density at radius 2 is 1.70 bits per heavy atom. The van der Waals surface area contributed by atoms with Crippen LogP contribution in [0.25, 0.3) is 0 Å². The zero-order valence-corrected chi connectivity index (χ0v) is 14.6. The highest BCUT2D eigenvalue weighted by atomic mass is 32.1. The molecule has 2 aromatic rings. The number of thiocarbonyl (C=S) groups is 1. The van der Waals surface area contributed by atoms with Gasteiger partial charge in [0, 0.05) is 19.6 Å². The number of hydrogen-bond acceptors (Lipinski definition) is 2. The first-order chi connectivity index (χ1) is 11.2. The van der Waals surface area contributed by atoms with Crippen molar-refractivity contribution in [2.75, 3.05) is 13.1 Å². The molecule has 0 bridgehead atoms. The molecule has 0 aliphatic rings. The van der Waals surface area contributed by atoms with Gasteiger partial charge in [-0.1, -0.05) is 42.5 Å². The lowest BCUT2D eigenvalue weighted by Gasteiger charge is -2.24. The van der Waals surface area contributed by atoms with Gasteiger partial charge in [0.05, 0.1) is 0 Å². The van der Waals surface area contributed by atoms with E-state index in [9.17, 15) is 0 Å². The molecule has 1 N–H and O–H groups in total. The lowest BCUT2D eigenvalue weighted by Crippen LogP contribution is -2.38. The number of benzene rings is 2. The van der Waals surface area contributed by atoms with Crippen LogP contribution in [0.4, 0.5) is 0 Å². The largest absolute Gasteiger partial charge is 0.489 e. The highest BCUT2D eigenvalue weighted by Gasteiger charge is 2.07. The van der Waals surface area contributed by atoms with Crippen LogP contribution in [-0.2, 0) is 13.2 Å². The molecule has 0 saturated heterocycles. The van der Waals surface area contributed by atoms with Gasteiger partial charge in [-0.2, -0.15) is 0 Å². The molecular weight excluding hydrogens is 304 g/mol. The average Bonchev–Trinajstić information content (AvgIpc) is 2.60. The van der Waals surface area contributed by atoms with Gasteiger partial charge in [0.2, 0.25) is 0 Å². The van der Waals surface area contributed by atoms with E-state index in [1.807, 2.05) is 30.3 Å². The number of nitrogens with one attached hydrogen (secondary N) is 1. The van der Waals surface area contributed by atoms with Crippen LogP contribution in [0.1, 0.15) is 25.0 Å². The van der Waals surface area contributed by atoms with Gasteiger partial charge in [-0.25, -0.2) is 0 Å². The third-order valence-corrected chi connectivity index (χ3v) is 3.94. The Balaban J connectivity index is 1.89. The number of rotatable bonds is 7. The maximum atomic E-state index is 5.81. The third kappa shape index (κ3) is 5.57. The monoisotopic (exact) mass is 328 g/mol. The maximum absolute atomic E-state index is 5.81. The van der Waals surface area contributed by atoms with Crippen molar-refractivity contribution in [2.24, 2.45) is 0 Å². The molecular formula is C19H24N2OS. The van der Waals surface area contributed by atoms with Crippen molar-refractivity contribution in [3.05, 3.63) is 65.7 Å². The molecule has 2 rings (SSSR count). The molecule has 3 nitrogen and oxygen atoms in total. The molecule has 0 aliphatic carbocycles. The Morgan fingerprint density at radius 3 is 2.30 bits per heavy atom. The summed E-state index contributed by atoms with van der Waals surface area (Å²) in [7, 11) is 0. The fourth-order valence-electron chi connectivity index (χ4n) is 2.24. The minimum Gasteiger partial charge on any atom is -0.489 e. The van der Waals surface area contributed by atoms with Gasteiger partial charge in [-0.05, 0) is 49.3 Å². The SMILES string of the molecule is CCNC(=S)N(CC)Cc1ccc(OCc2ccccc2)cc1. The van der Waals surface area contributed by atoms with Gasteiger partial charge in [0.1, 0.15) is 12.4 Å². The van der Waals surface area contributed by atoms with E-state index in [0.29, 0.717) is 6.61 Å². The summed E-state index contributed by atoms with van der Waals surface area (Å²) in [6.45, 7) is 7.30. The van der Waals surface area contributed by atoms with Gasteiger partial charge < -0.3 is 15.0 Å². The zero-order valence-electron chi connectivity index (χ0n) is 13.8. The van der Waals surface area contributed by atoms with Crippen molar-refractivity contribution in [3.8, 4) is 5.75 Å². The van der Waals surface area contributed by atoms with E-state index in [1.54, 1.807) is 0 Å². The van der Waals surface area contributed by atoms with Crippen molar-refractivity contribution in [1.29, 1.82) is 0 Å². The molecule has 0 unspecified atom stereocenters. The smallest absolute Gasteiger partial charge is 0.169 e. The molecule has 0 atom stereocenters. The quantitative estimate of drug-likeness (QED) is 0.777. The fraction of sp³-hybridized carbons (Fsp3) is 0.316. The first kappa shape index (κ1) is 17.3. The minimum atomic E-state index is 0.589. The second kappa shape index (κ2) is 9.16. The van der Waals surface area contributed by atoms with Gasteiger partial charge in [0.15, 0.2) is 5.11 Å². The van der Waals surface area contributed by atoms with Crippen molar-refractivity contribution >= 4 is 17.3 Å². The molecule has 2 aromatic carbocycles. The number of ether oxygens (including phenoxy) is 1. The minimum absolute atomic E-state index is 0.589. The van der Waals surface area contributed by atoms with E-state index in [-0.39, 0.29) is 0 Å². The highest BCUT2D eigenvalue weighted by Crippen LogP contribution is 2.15. The van der Waals surface area contributed by atoms with Crippen LogP contribution in [0.3, 0.4) is 0 Å². The molecule has 0 heterocycles. The first-order valence-corrected chi connectivity index (χ1v) is 8.42. The highest BCUT2D eigenvalue weighted by molar-refractivity contribution is 7.80. The second-order valence-corrected chi connectivity index (χ2v) is 5.65. The van der Waals surface area contributed by atoms with Crippen LogP contribution >= 0.6 is 12.2 Å². The molecule has 0 spiro atoms. The average molecular weight is 328 g/mol. The van der Waals surface area contributed by atoms with Crippen molar-refractivity contribution < 1.29 is 4.74 Å². The Hall–Kier alpha value is -2.07. The van der Waals surface area contributed by atoms with Crippen LogP contribution in [0.2, 0.25) is 0 Å². The number of hydrogen-bond donors (Lipinski definition) is 1. The predicted molar refractivity (Wildman–Crippen MR) is 99.6 cm³/mol. The summed E-state index contributed by atoms with van der Waals surface area (Å²) in [6, 6.07) is 18.4. The van der Waals surface area contributed by atoms with Crippen molar-refractivity contribution in [2.45, 2.75) is 27.0 Å². The van der Waals surface area contributed by atoms with Crippen LogP contribution in [0.15, 0.2) is 54.6 Å². The molecule has 23 heavy (non-hydrogen) atoms. The second-order valence-electron chi connectivity index (χ2n) is 5.27. The molecule has 0 aliphatic heterocycles. The molecule has 122 valence electrons. The zero-order chi connectivity index (χ0) is 16.5. The van der Waals surface area contributed by atoms with Crippen LogP contribution < -0.4 is 10.1 Å². The molecule has 0 aromatic heterocycles. The van der Waals surface area contributed by atoms with E-state index in [1.165, 1.54) is 11.1 Å². The Morgan fingerprint density at radius 1 is 1.00 bits per heavy atom. The summed E-state index contributed by atoms with van der Waals surface area (Å²) in [5, 5.41) is 4.00. The Bertz CT molecular complexity index is 599. The van der Waals surface area contributed by atoms with E-state index in [4.69, 9.17) is 17.0 Å². The summed E-state index contributed by atoms with van der Waals surface area (Å²) < 4.78 is 5.81. The van der Waals surface area contributed by atoms with Crippen LogP contribution in [0.5, 0.6) is 5.75 Å². The van der Waals surface area contributed by atoms with E-state index in [2.05, 4.69) is 48.3 Å². The summed E-state index contributed by atoms with van der Waals surface area (Å²) in [5.41, 5.74) is 2.39. The summed E-state index contributed by atoms with van der Waals surface area (Å²) in [4.78, 5) is 2.15. The first-order valence-electron chi connectivity index (χ1n) is 8.01. The fourth-order valence-corrected chi connectivity index (χ4v) is 2.58. The van der Waals surface area contributed by atoms with Crippen molar-refractivity contribution in [3.63, 3.8) is 0 Å². The van der Waals surface area contributed by atoms with Crippen LogP contribution in [-0.4, -0.2) is 23.1 Å². The molecule has 0 amide bonds. The summed E-state index contributed by atoms with van der Waals surface area (Å²) >= 11 is 5.38. The summed E-state index contributed by atoms with van der Waals surface area (Å²) in [5.74, 6) is 0.884. The standard InChI is InChI=1S/C19H24N2OS/c1-3-20-19(23)21(4-2)14-16-10-12-18(13-11-16)22-15-17-8-6-5-7-9-17/h5-13H,3-4,14-15H2,1-2H3,(H,20,23). The number of nitrogens with zero attached hydrogens (tertiary/aromatic N) is 1. The van der Waals surface area contributed by atoms with Crippen molar-refractivity contribution in [1.82, 2.24) is 10.2 Å². The molecule has 0 radical (unpaired) electrons. The lowest BCUT2D eigenvalue weighted by atomic mass is 10.2. The third-order valence-electron chi connectivity index (χ3n) is 3.54. The van der Waals surface area contributed by atoms with Gasteiger partial charge >= 0.3 is 0 Å². The summed E-state index contributed by atoms with van der Waals surface area (Å²) in [6.07, 6.45) is 0. The molecule has 4 heteroatoms. The molecule has 0 fully saturated rings. The maximum Gasteiger partial charge on any atom is 0.169 e. The molecule has 0 saturated carbocycles. The lowest BCUT2D eigenvalue weighted by molar-refractivity contribution is 0.306. The van der Waals surface area contributed by atoms with Gasteiger partial charge in [-0.3, -0.25) is 0 Å². The normalized spacial score (nSPS) is 10.2. The predicted octanol–water partition coefficient (Wildman–Crippen LogP) is 3.98. The van der Waals surface area contributed by atoms with E-state index in [0.717, 1.165) is 30.5 Å².